The van der Waals surface area contributed by atoms with Crippen molar-refractivity contribution >= 4 is 23.2 Å². The average Bonchev–Trinajstić information content (AvgIpc) is 2.41. The van der Waals surface area contributed by atoms with E-state index in [1.165, 1.54) is 0 Å². The Morgan fingerprint density at radius 1 is 1.11 bits per heavy atom. The van der Waals surface area contributed by atoms with Crippen LogP contribution in [0.1, 0.15) is 17.2 Å². The molecule has 4 heteroatoms. The summed E-state index contributed by atoms with van der Waals surface area (Å²) >= 11 is 5.80. The number of carbonyl (C=O) groups excluding carboxylic acids is 1. The molecule has 0 saturated heterocycles. The topological polar surface area (TPSA) is 55.1 Å². The van der Waals surface area contributed by atoms with Gasteiger partial charge >= 0.3 is 0 Å². The van der Waals surface area contributed by atoms with Crippen molar-refractivity contribution in [1.29, 1.82) is 0 Å². The van der Waals surface area contributed by atoms with Crippen LogP contribution in [0.5, 0.6) is 0 Å². The molecule has 0 bridgehead atoms. The molecular weight excluding hydrogens is 260 g/mol. The van der Waals surface area contributed by atoms with Gasteiger partial charge in [-0.3, -0.25) is 4.79 Å². The normalized spacial score (nSPS) is 11.9. The van der Waals surface area contributed by atoms with Crippen molar-refractivity contribution < 1.29 is 4.79 Å². The molecular formula is C15H15ClN2O. The monoisotopic (exact) mass is 274 g/mol. The van der Waals surface area contributed by atoms with Crippen molar-refractivity contribution in [1.82, 2.24) is 0 Å². The highest BCUT2D eigenvalue weighted by atomic mass is 35.5. The van der Waals surface area contributed by atoms with Crippen molar-refractivity contribution in [3.63, 3.8) is 0 Å². The van der Waals surface area contributed by atoms with Crippen LogP contribution in [0.2, 0.25) is 5.02 Å². The average molecular weight is 275 g/mol. The first-order chi connectivity index (χ1) is 9.06. The van der Waals surface area contributed by atoms with Gasteiger partial charge in [-0.25, -0.2) is 0 Å². The third-order valence-corrected chi connectivity index (χ3v) is 3.08. The van der Waals surface area contributed by atoms with Crippen molar-refractivity contribution in [3.05, 3.63) is 64.7 Å². The number of nitrogens with one attached hydrogen (secondary N) is 1. The number of aryl methyl sites for hydroxylation is 1. The minimum atomic E-state index is -0.710. The summed E-state index contributed by atoms with van der Waals surface area (Å²) in [5, 5.41) is 3.41. The highest BCUT2D eigenvalue weighted by molar-refractivity contribution is 6.30. The van der Waals surface area contributed by atoms with Gasteiger partial charge in [-0.1, -0.05) is 41.4 Å². The van der Waals surface area contributed by atoms with Crippen molar-refractivity contribution in [3.8, 4) is 0 Å². The first-order valence-electron chi connectivity index (χ1n) is 5.95. The highest BCUT2D eigenvalue weighted by Crippen LogP contribution is 2.17. The first-order valence-corrected chi connectivity index (χ1v) is 6.32. The van der Waals surface area contributed by atoms with Gasteiger partial charge in [0.05, 0.1) is 0 Å². The van der Waals surface area contributed by atoms with Gasteiger partial charge in [0.15, 0.2) is 0 Å². The summed E-state index contributed by atoms with van der Waals surface area (Å²) in [7, 11) is 0. The van der Waals surface area contributed by atoms with Crippen LogP contribution in [0.25, 0.3) is 0 Å². The lowest BCUT2D eigenvalue weighted by atomic mass is 10.1. The molecule has 0 saturated carbocycles. The van der Waals surface area contributed by atoms with Gasteiger partial charge in [0.2, 0.25) is 5.91 Å². The molecule has 0 spiro atoms. The number of halogens is 1. The maximum atomic E-state index is 12.0. The largest absolute Gasteiger partial charge is 0.324 e. The lowest BCUT2D eigenvalue weighted by Gasteiger charge is -2.12. The summed E-state index contributed by atoms with van der Waals surface area (Å²) in [5.74, 6) is -0.244. The zero-order chi connectivity index (χ0) is 13.8. The second-order valence-electron chi connectivity index (χ2n) is 4.38. The van der Waals surface area contributed by atoms with E-state index in [0.717, 1.165) is 16.8 Å². The number of amides is 1. The molecule has 0 radical (unpaired) electrons. The molecule has 0 heterocycles. The van der Waals surface area contributed by atoms with Gasteiger partial charge in [-0.05, 0) is 36.8 Å². The summed E-state index contributed by atoms with van der Waals surface area (Å²) in [6.45, 7) is 1.99. The van der Waals surface area contributed by atoms with E-state index in [4.69, 9.17) is 17.3 Å². The van der Waals surface area contributed by atoms with E-state index in [2.05, 4.69) is 5.32 Å². The first kappa shape index (κ1) is 13.6. The summed E-state index contributed by atoms with van der Waals surface area (Å²) < 4.78 is 0. The van der Waals surface area contributed by atoms with Crippen LogP contribution in [0, 0.1) is 6.92 Å². The highest BCUT2D eigenvalue weighted by Gasteiger charge is 2.15. The molecule has 19 heavy (non-hydrogen) atoms. The lowest BCUT2D eigenvalue weighted by Crippen LogP contribution is -2.27. The molecule has 2 aromatic rings. The summed E-state index contributed by atoms with van der Waals surface area (Å²) in [5.41, 5.74) is 8.52. The summed E-state index contributed by atoms with van der Waals surface area (Å²) in [4.78, 5) is 12.0. The van der Waals surface area contributed by atoms with E-state index in [1.807, 2.05) is 31.2 Å². The van der Waals surface area contributed by atoms with Crippen molar-refractivity contribution in [2.75, 3.05) is 5.32 Å². The van der Waals surface area contributed by atoms with Crippen LogP contribution in [0.4, 0.5) is 5.69 Å². The molecule has 0 aromatic heterocycles. The van der Waals surface area contributed by atoms with Gasteiger partial charge in [-0.15, -0.1) is 0 Å². The Balaban J connectivity index is 2.07. The molecule has 0 unspecified atom stereocenters. The SMILES string of the molecule is Cc1ccc(NC(=O)[C@@H](N)c2ccc(Cl)cc2)cc1. The summed E-state index contributed by atoms with van der Waals surface area (Å²) in [6.07, 6.45) is 0. The third kappa shape index (κ3) is 3.56. The molecule has 0 aliphatic carbocycles. The van der Waals surface area contributed by atoms with Gasteiger partial charge in [0.1, 0.15) is 6.04 Å². The number of nitrogens with two attached hydrogens (primary N) is 1. The zero-order valence-electron chi connectivity index (χ0n) is 10.6. The minimum Gasteiger partial charge on any atom is -0.324 e. The smallest absolute Gasteiger partial charge is 0.245 e. The molecule has 0 fully saturated rings. The number of benzene rings is 2. The van der Waals surface area contributed by atoms with E-state index in [0.29, 0.717) is 5.02 Å². The standard InChI is InChI=1S/C15H15ClN2O/c1-10-2-8-13(9-3-10)18-15(19)14(17)11-4-6-12(16)7-5-11/h2-9,14H,17H2,1H3,(H,18,19)/t14-/m0/s1. The van der Waals surface area contributed by atoms with Gasteiger partial charge in [-0.2, -0.15) is 0 Å². The van der Waals surface area contributed by atoms with Crippen LogP contribution in [0.3, 0.4) is 0 Å². The minimum absolute atomic E-state index is 0.244. The fraction of sp³-hybridized carbons (Fsp3) is 0.133. The molecule has 2 aromatic carbocycles. The van der Waals surface area contributed by atoms with E-state index >= 15 is 0 Å². The number of carbonyl (C=O) groups is 1. The second kappa shape index (κ2) is 5.87. The van der Waals surface area contributed by atoms with Gasteiger partial charge in [0, 0.05) is 10.7 Å². The van der Waals surface area contributed by atoms with E-state index in [9.17, 15) is 4.79 Å². The zero-order valence-corrected chi connectivity index (χ0v) is 11.3. The molecule has 98 valence electrons. The Bertz CT molecular complexity index is 564. The number of hydrogen-bond acceptors (Lipinski definition) is 2. The fourth-order valence-corrected chi connectivity index (χ4v) is 1.80. The maximum absolute atomic E-state index is 12.0. The van der Waals surface area contributed by atoms with E-state index < -0.39 is 6.04 Å². The molecule has 1 amide bonds. The van der Waals surface area contributed by atoms with Crippen molar-refractivity contribution in [2.24, 2.45) is 5.73 Å². The third-order valence-electron chi connectivity index (χ3n) is 2.83. The van der Waals surface area contributed by atoms with Gasteiger partial charge in [0.25, 0.3) is 0 Å². The summed E-state index contributed by atoms with van der Waals surface area (Å²) in [6, 6.07) is 13.8. The maximum Gasteiger partial charge on any atom is 0.245 e. The molecule has 0 aliphatic rings. The molecule has 1 atom stereocenters. The predicted molar refractivity (Wildman–Crippen MR) is 78.2 cm³/mol. The van der Waals surface area contributed by atoms with Crippen LogP contribution in [0.15, 0.2) is 48.5 Å². The molecule has 3 nitrogen and oxygen atoms in total. The van der Waals surface area contributed by atoms with E-state index in [-0.39, 0.29) is 5.91 Å². The Labute approximate surface area is 117 Å². The fourth-order valence-electron chi connectivity index (χ4n) is 1.68. The Hall–Kier alpha value is -1.84. The second-order valence-corrected chi connectivity index (χ2v) is 4.82. The molecule has 0 aliphatic heterocycles. The van der Waals surface area contributed by atoms with Crippen LogP contribution in [-0.2, 0) is 4.79 Å². The molecule has 3 N–H and O–H groups in total. The van der Waals surface area contributed by atoms with Crippen LogP contribution >= 0.6 is 11.6 Å². The van der Waals surface area contributed by atoms with Crippen LogP contribution in [-0.4, -0.2) is 5.91 Å². The number of anilines is 1. The van der Waals surface area contributed by atoms with E-state index in [1.54, 1.807) is 24.3 Å². The number of hydrogen-bond donors (Lipinski definition) is 2. The predicted octanol–water partition coefficient (Wildman–Crippen LogP) is 3.29. The lowest BCUT2D eigenvalue weighted by molar-refractivity contribution is -0.117. The molecule has 2 rings (SSSR count). The Morgan fingerprint density at radius 2 is 1.68 bits per heavy atom. The van der Waals surface area contributed by atoms with Gasteiger partial charge < -0.3 is 11.1 Å². The Kier molecular flexibility index (Phi) is 4.20. The number of rotatable bonds is 3. The van der Waals surface area contributed by atoms with Crippen molar-refractivity contribution in [2.45, 2.75) is 13.0 Å². The van der Waals surface area contributed by atoms with Crippen LogP contribution < -0.4 is 11.1 Å². The Morgan fingerprint density at radius 3 is 2.26 bits per heavy atom. The quantitative estimate of drug-likeness (QED) is 0.902.